The molecular formula is C18H29BN6O6. The summed E-state index contributed by atoms with van der Waals surface area (Å²) in [5.41, 5.74) is 6.81. The standard InChI is InChI=1S/C18H29BN6O6/c1-13(17(28)29)24-12-25(18(20)22-19(24)23(6-8-26)7-9-27)21-11-14-4-5-15(30-2)16(10-14)31-3/h4-5,10-11,13,26-27H,6-9,12H2,1-3H3,(H2,20,22)(H,28,29)/t13-/m1/s1. The summed E-state index contributed by atoms with van der Waals surface area (Å²) in [5, 5.41) is 34.0. The second-order valence-electron chi connectivity index (χ2n) is 6.75. The Morgan fingerprint density at radius 3 is 2.52 bits per heavy atom. The summed E-state index contributed by atoms with van der Waals surface area (Å²) >= 11 is 0. The Labute approximate surface area is 181 Å². The molecule has 0 saturated carbocycles. The van der Waals surface area contributed by atoms with E-state index in [0.29, 0.717) is 17.1 Å². The molecule has 0 bridgehead atoms. The Bertz CT molecular complexity index is 804. The summed E-state index contributed by atoms with van der Waals surface area (Å²) in [5.74, 6) is 0.154. The van der Waals surface area contributed by atoms with Crippen LogP contribution in [0.5, 0.6) is 11.5 Å². The fraction of sp³-hybridized carbons (Fsp3) is 0.500. The van der Waals surface area contributed by atoms with E-state index < -0.39 is 19.1 Å². The number of rotatable bonds is 11. The van der Waals surface area contributed by atoms with Crippen LogP contribution in [0.3, 0.4) is 0 Å². The lowest BCUT2D eigenvalue weighted by Gasteiger charge is -2.41. The van der Waals surface area contributed by atoms with Gasteiger partial charge in [-0.05, 0) is 30.7 Å². The van der Waals surface area contributed by atoms with Crippen LogP contribution in [-0.2, 0) is 4.79 Å². The molecule has 0 aliphatic carbocycles. The maximum absolute atomic E-state index is 11.7. The van der Waals surface area contributed by atoms with Crippen molar-refractivity contribution in [3.63, 3.8) is 0 Å². The van der Waals surface area contributed by atoms with Gasteiger partial charge in [-0.15, -0.1) is 0 Å². The molecule has 0 amide bonds. The van der Waals surface area contributed by atoms with Crippen LogP contribution < -0.4 is 15.2 Å². The van der Waals surface area contributed by atoms with Gasteiger partial charge in [-0.2, -0.15) is 5.10 Å². The number of aliphatic carboxylic acids is 1. The molecule has 12 nitrogen and oxygen atoms in total. The summed E-state index contributed by atoms with van der Waals surface area (Å²) in [7, 11) is 2.31. The molecule has 5 N–H and O–H groups in total. The Balaban J connectivity index is 2.32. The largest absolute Gasteiger partial charge is 0.493 e. The molecule has 31 heavy (non-hydrogen) atoms. The number of carboxylic acids is 1. The van der Waals surface area contributed by atoms with Gasteiger partial charge in [-0.3, -0.25) is 14.5 Å². The van der Waals surface area contributed by atoms with Gasteiger partial charge in [0.1, 0.15) is 0 Å². The zero-order valence-electron chi connectivity index (χ0n) is 17.9. The van der Waals surface area contributed by atoms with Crippen molar-refractivity contribution in [1.29, 1.82) is 0 Å². The van der Waals surface area contributed by atoms with Gasteiger partial charge in [0.25, 0.3) is 0 Å². The van der Waals surface area contributed by atoms with E-state index >= 15 is 0 Å². The lowest BCUT2D eigenvalue weighted by molar-refractivity contribution is -0.141. The fourth-order valence-corrected chi connectivity index (χ4v) is 3.08. The van der Waals surface area contributed by atoms with Crippen LogP contribution in [0.4, 0.5) is 0 Å². The van der Waals surface area contributed by atoms with Crippen molar-refractivity contribution in [1.82, 2.24) is 14.6 Å². The zero-order chi connectivity index (χ0) is 23.0. The second-order valence-corrected chi connectivity index (χ2v) is 6.75. The molecule has 0 spiro atoms. The second kappa shape index (κ2) is 11.5. The van der Waals surface area contributed by atoms with Crippen molar-refractivity contribution < 1.29 is 29.6 Å². The predicted octanol–water partition coefficient (Wildman–Crippen LogP) is -1.33. The first kappa shape index (κ1) is 24.4. The molecule has 1 heterocycles. The normalized spacial score (nSPS) is 16.0. The number of ether oxygens (including phenoxy) is 2. The number of nitrogens with zero attached hydrogens (tertiary/aromatic N) is 5. The Morgan fingerprint density at radius 1 is 1.32 bits per heavy atom. The summed E-state index contributed by atoms with van der Waals surface area (Å²) in [6.07, 6.45) is 1.55. The first-order valence-corrected chi connectivity index (χ1v) is 9.67. The molecule has 0 radical (unpaired) electrons. The fourth-order valence-electron chi connectivity index (χ4n) is 3.08. The summed E-state index contributed by atoms with van der Waals surface area (Å²) in [6, 6.07) is 4.35. The number of hydrogen-bond donors (Lipinski definition) is 4. The van der Waals surface area contributed by atoms with Gasteiger partial charge in [-0.1, -0.05) is 0 Å². The van der Waals surface area contributed by atoms with Gasteiger partial charge in [-0.25, -0.2) is 5.01 Å². The summed E-state index contributed by atoms with van der Waals surface area (Å²) in [6.45, 7) is 1.60. The molecule has 0 unspecified atom stereocenters. The smallest absolute Gasteiger partial charge is 0.460 e. The van der Waals surface area contributed by atoms with E-state index in [1.807, 2.05) is 0 Å². The molecule has 1 aromatic carbocycles. The molecule has 0 aromatic heterocycles. The number of carbonyl (C=O) groups is 1. The number of aliphatic hydroxyl groups is 2. The van der Waals surface area contributed by atoms with Crippen LogP contribution in [0.15, 0.2) is 28.2 Å². The number of benzene rings is 1. The SMILES string of the molecule is COc1ccc(C=NN2CN([C@H](C)C(=O)O)B(N(CCO)CCO)N=C2N)cc1OC. The van der Waals surface area contributed by atoms with Crippen LogP contribution >= 0.6 is 0 Å². The maximum atomic E-state index is 11.7. The topological polar surface area (TPSA) is 157 Å². The van der Waals surface area contributed by atoms with Gasteiger partial charge in [0.2, 0.25) is 5.96 Å². The quantitative estimate of drug-likeness (QED) is 0.242. The molecular weight excluding hydrogens is 407 g/mol. The predicted molar refractivity (Wildman–Crippen MR) is 116 cm³/mol. The third-order valence-electron chi connectivity index (χ3n) is 4.82. The van der Waals surface area contributed by atoms with E-state index in [0.717, 1.165) is 0 Å². The Hall–Kier alpha value is -2.87. The first-order valence-electron chi connectivity index (χ1n) is 9.67. The third kappa shape index (κ3) is 6.07. The molecule has 1 aromatic rings. The van der Waals surface area contributed by atoms with Crippen molar-refractivity contribution in [2.45, 2.75) is 13.0 Å². The zero-order valence-corrected chi connectivity index (χ0v) is 17.9. The third-order valence-corrected chi connectivity index (χ3v) is 4.82. The van der Waals surface area contributed by atoms with Gasteiger partial charge in [0, 0.05) is 13.1 Å². The van der Waals surface area contributed by atoms with Crippen molar-refractivity contribution in [3.8, 4) is 11.5 Å². The number of carboxylic acid groups (broad SMARTS) is 1. The molecule has 170 valence electrons. The number of aliphatic hydroxyl groups excluding tert-OH is 2. The van der Waals surface area contributed by atoms with E-state index in [4.69, 9.17) is 15.2 Å². The molecule has 0 saturated heterocycles. The maximum Gasteiger partial charge on any atom is 0.460 e. The van der Waals surface area contributed by atoms with Gasteiger partial charge in [0.05, 0.1) is 46.4 Å². The van der Waals surface area contributed by atoms with Gasteiger partial charge < -0.3 is 35.3 Å². The molecule has 0 fully saturated rings. The van der Waals surface area contributed by atoms with Crippen molar-refractivity contribution in [2.75, 3.05) is 47.2 Å². The van der Waals surface area contributed by atoms with Crippen LogP contribution in [0.2, 0.25) is 0 Å². The highest BCUT2D eigenvalue weighted by atomic mass is 16.5. The average molecular weight is 436 g/mol. The van der Waals surface area contributed by atoms with Gasteiger partial charge in [0.15, 0.2) is 11.5 Å². The number of hydrogen-bond acceptors (Lipinski definition) is 11. The minimum atomic E-state index is -1.04. The van der Waals surface area contributed by atoms with Crippen LogP contribution in [0.1, 0.15) is 12.5 Å². The lowest BCUT2D eigenvalue weighted by atomic mass is 9.85. The van der Waals surface area contributed by atoms with Gasteiger partial charge >= 0.3 is 13.1 Å². The number of guanidine groups is 1. The first-order chi connectivity index (χ1) is 14.9. The van der Waals surface area contributed by atoms with E-state index in [9.17, 15) is 20.1 Å². The average Bonchev–Trinajstić information content (AvgIpc) is 2.77. The highest BCUT2D eigenvalue weighted by molar-refractivity contribution is 6.53. The summed E-state index contributed by atoms with van der Waals surface area (Å²) < 4.78 is 10.5. The minimum Gasteiger partial charge on any atom is -0.493 e. The molecule has 1 aliphatic rings. The van der Waals surface area contributed by atoms with Crippen LogP contribution in [-0.4, -0.2) is 108 Å². The van der Waals surface area contributed by atoms with E-state index in [1.165, 1.54) is 19.0 Å². The molecule has 2 rings (SSSR count). The van der Waals surface area contributed by atoms with E-state index in [-0.39, 0.29) is 38.9 Å². The lowest BCUT2D eigenvalue weighted by Crippen LogP contribution is -2.65. The molecule has 1 aliphatic heterocycles. The Morgan fingerprint density at radius 2 is 1.97 bits per heavy atom. The van der Waals surface area contributed by atoms with E-state index in [1.54, 1.807) is 41.1 Å². The van der Waals surface area contributed by atoms with Crippen molar-refractivity contribution in [2.24, 2.45) is 15.7 Å². The molecule has 1 atom stereocenters. The van der Waals surface area contributed by atoms with E-state index in [2.05, 4.69) is 10.0 Å². The highest BCUT2D eigenvalue weighted by Gasteiger charge is 2.41. The summed E-state index contributed by atoms with van der Waals surface area (Å²) in [4.78, 5) is 19.3. The molecule has 13 heteroatoms. The highest BCUT2D eigenvalue weighted by Crippen LogP contribution is 2.27. The van der Waals surface area contributed by atoms with Crippen molar-refractivity contribution in [3.05, 3.63) is 23.8 Å². The minimum absolute atomic E-state index is 0.0462. The number of hydrazone groups is 1. The van der Waals surface area contributed by atoms with Crippen molar-refractivity contribution >= 4 is 25.3 Å². The van der Waals surface area contributed by atoms with Crippen LogP contribution in [0, 0.1) is 0 Å². The number of nitrogens with two attached hydrogens (primary N) is 1. The number of methoxy groups -OCH3 is 2. The Kier molecular flexibility index (Phi) is 9.06. The monoisotopic (exact) mass is 436 g/mol. The van der Waals surface area contributed by atoms with Crippen LogP contribution in [0.25, 0.3) is 0 Å².